The molecule has 2 heteroatoms. The Labute approximate surface area is 261 Å². The van der Waals surface area contributed by atoms with Crippen LogP contribution in [0.25, 0.3) is 0 Å². The maximum absolute atomic E-state index is 4.53. The van der Waals surface area contributed by atoms with Crippen LogP contribution in [0.15, 0.2) is 0 Å². The zero-order valence-electron chi connectivity index (χ0n) is 28.4. The predicted molar refractivity (Wildman–Crippen MR) is 189 cm³/mol. The van der Waals surface area contributed by atoms with Crippen LogP contribution in [0.5, 0.6) is 0 Å². The Morgan fingerprint density at radius 1 is 0.275 bits per heavy atom. The maximum atomic E-state index is 4.53. The van der Waals surface area contributed by atoms with E-state index in [2.05, 4.69) is 31.4 Å². The van der Waals surface area contributed by atoms with Crippen LogP contribution in [0.2, 0.25) is 0 Å². The van der Waals surface area contributed by atoms with E-state index in [1.165, 1.54) is 225 Å². The molecule has 0 aromatic carbocycles. The lowest BCUT2D eigenvalue weighted by molar-refractivity contribution is 0.275. The quantitative estimate of drug-likeness (QED) is 0.0569. The molecule has 0 rings (SSSR count). The van der Waals surface area contributed by atoms with Gasteiger partial charge in [0.1, 0.15) is 0 Å². The van der Waals surface area contributed by atoms with E-state index in [1.807, 2.05) is 0 Å². The average molecular weight is 582 g/mol. The summed E-state index contributed by atoms with van der Waals surface area (Å²) in [5.41, 5.74) is 0. The van der Waals surface area contributed by atoms with Crippen LogP contribution >= 0.6 is 12.6 Å². The first kappa shape index (κ1) is 40.3. The first-order chi connectivity index (χ1) is 19.8. The van der Waals surface area contributed by atoms with Gasteiger partial charge in [0.05, 0.1) is 0 Å². The normalized spacial score (nSPS) is 11.7. The van der Waals surface area contributed by atoms with Crippen molar-refractivity contribution < 1.29 is 0 Å². The van der Waals surface area contributed by atoms with Crippen LogP contribution in [0.1, 0.15) is 219 Å². The zero-order valence-corrected chi connectivity index (χ0v) is 29.2. The summed E-state index contributed by atoms with van der Waals surface area (Å²) in [6.45, 7) is 8.40. The average Bonchev–Trinajstić information content (AvgIpc) is 2.96. The van der Waals surface area contributed by atoms with Gasteiger partial charge in [-0.2, -0.15) is 12.6 Å². The van der Waals surface area contributed by atoms with Crippen molar-refractivity contribution in [3.05, 3.63) is 0 Å². The lowest BCUT2D eigenvalue weighted by Crippen LogP contribution is -2.28. The summed E-state index contributed by atoms with van der Waals surface area (Å²) in [5, 5.41) is 0. The molecule has 0 spiro atoms. The molecular formula is C38H79NS. The molecule has 0 amide bonds. The van der Waals surface area contributed by atoms with Gasteiger partial charge < -0.3 is 4.90 Å². The fourth-order valence-corrected chi connectivity index (χ4v) is 6.53. The Morgan fingerprint density at radius 2 is 0.475 bits per heavy atom. The fraction of sp³-hybridized carbons (Fsp3) is 1.00. The highest BCUT2D eigenvalue weighted by molar-refractivity contribution is 7.80. The van der Waals surface area contributed by atoms with Gasteiger partial charge in [0.2, 0.25) is 0 Å². The summed E-state index contributed by atoms with van der Waals surface area (Å²) in [6.07, 6.45) is 46.6. The molecule has 0 aliphatic heterocycles. The van der Waals surface area contributed by atoms with E-state index in [9.17, 15) is 0 Å². The lowest BCUT2D eigenvalue weighted by atomic mass is 10.0. The zero-order chi connectivity index (χ0) is 29.0. The summed E-state index contributed by atoms with van der Waals surface area (Å²) in [4.78, 5) is 2.70. The Balaban J connectivity index is 3.35. The molecular weight excluding hydrogens is 502 g/mol. The van der Waals surface area contributed by atoms with Crippen LogP contribution in [0.4, 0.5) is 0 Å². The second-order valence-electron chi connectivity index (χ2n) is 13.2. The monoisotopic (exact) mass is 582 g/mol. The largest absolute Gasteiger partial charge is 0.303 e. The number of hydrogen-bond donors (Lipinski definition) is 1. The molecule has 0 atom stereocenters. The molecule has 242 valence electrons. The molecule has 0 saturated heterocycles. The van der Waals surface area contributed by atoms with E-state index in [0.717, 1.165) is 5.75 Å². The van der Waals surface area contributed by atoms with Crippen molar-refractivity contribution in [2.75, 3.05) is 25.4 Å². The van der Waals surface area contributed by atoms with Crippen molar-refractivity contribution in [2.45, 2.75) is 219 Å². The Bertz CT molecular complexity index is 390. The van der Waals surface area contributed by atoms with Crippen LogP contribution in [-0.4, -0.2) is 30.3 Å². The predicted octanol–water partition coefficient (Wildman–Crippen LogP) is 13.7. The fourth-order valence-electron chi connectivity index (χ4n) is 6.24. The molecule has 0 unspecified atom stereocenters. The Kier molecular flexibility index (Phi) is 37.6. The highest BCUT2D eigenvalue weighted by atomic mass is 32.1. The SMILES string of the molecule is CCCCCCCCCCCCCCCCCCN(CCS)CCCCCCCCCCCCCCCCCC. The van der Waals surface area contributed by atoms with Gasteiger partial charge in [0, 0.05) is 12.3 Å². The molecule has 0 aliphatic rings. The van der Waals surface area contributed by atoms with Gasteiger partial charge in [-0.1, -0.05) is 206 Å². The van der Waals surface area contributed by atoms with Gasteiger partial charge in [0.25, 0.3) is 0 Å². The van der Waals surface area contributed by atoms with Crippen LogP contribution in [-0.2, 0) is 0 Å². The molecule has 0 aromatic rings. The molecule has 0 saturated carbocycles. The third-order valence-corrected chi connectivity index (χ3v) is 9.27. The summed E-state index contributed by atoms with van der Waals surface area (Å²) in [6, 6.07) is 0. The lowest BCUT2D eigenvalue weighted by Gasteiger charge is -2.21. The van der Waals surface area contributed by atoms with Crippen molar-refractivity contribution in [2.24, 2.45) is 0 Å². The van der Waals surface area contributed by atoms with Gasteiger partial charge in [-0.25, -0.2) is 0 Å². The Hall–Kier alpha value is 0.310. The number of thiol groups is 1. The van der Waals surface area contributed by atoms with E-state index in [1.54, 1.807) is 0 Å². The molecule has 0 aliphatic carbocycles. The molecule has 0 heterocycles. The van der Waals surface area contributed by atoms with Crippen molar-refractivity contribution >= 4 is 12.6 Å². The summed E-state index contributed by atoms with van der Waals surface area (Å²) in [5.74, 6) is 1.01. The number of unbranched alkanes of at least 4 members (excludes halogenated alkanes) is 30. The van der Waals surface area contributed by atoms with Crippen molar-refractivity contribution in [3.63, 3.8) is 0 Å². The van der Waals surface area contributed by atoms with Crippen LogP contribution < -0.4 is 0 Å². The van der Waals surface area contributed by atoms with Gasteiger partial charge in [-0.3, -0.25) is 0 Å². The second kappa shape index (κ2) is 37.3. The van der Waals surface area contributed by atoms with Gasteiger partial charge in [-0.15, -0.1) is 0 Å². The van der Waals surface area contributed by atoms with E-state index in [-0.39, 0.29) is 0 Å². The van der Waals surface area contributed by atoms with Crippen molar-refractivity contribution in [3.8, 4) is 0 Å². The molecule has 0 aromatic heterocycles. The molecule has 0 bridgehead atoms. The topological polar surface area (TPSA) is 3.24 Å². The third kappa shape index (κ3) is 34.5. The minimum absolute atomic E-state index is 1.01. The maximum Gasteiger partial charge on any atom is 0.00698 e. The van der Waals surface area contributed by atoms with Gasteiger partial charge in [0.15, 0.2) is 0 Å². The standard InChI is InChI=1S/C38H79NS/c1-3-5-7-9-11-13-15-17-19-21-23-25-27-29-31-33-35-39(37-38-40)36-34-32-30-28-26-24-22-20-18-16-14-12-10-8-6-4-2/h40H,3-38H2,1-2H3. The van der Waals surface area contributed by atoms with Crippen molar-refractivity contribution in [1.29, 1.82) is 0 Å². The molecule has 0 fully saturated rings. The minimum atomic E-state index is 1.01. The molecule has 0 radical (unpaired) electrons. The first-order valence-corrected chi connectivity index (χ1v) is 19.8. The number of rotatable bonds is 36. The summed E-state index contributed by atoms with van der Waals surface area (Å²) < 4.78 is 0. The van der Waals surface area contributed by atoms with E-state index >= 15 is 0 Å². The van der Waals surface area contributed by atoms with E-state index in [4.69, 9.17) is 0 Å². The van der Waals surface area contributed by atoms with Gasteiger partial charge >= 0.3 is 0 Å². The molecule has 40 heavy (non-hydrogen) atoms. The molecule has 0 N–H and O–H groups in total. The Morgan fingerprint density at radius 3 is 0.675 bits per heavy atom. The van der Waals surface area contributed by atoms with Gasteiger partial charge in [-0.05, 0) is 25.9 Å². The summed E-state index contributed by atoms with van der Waals surface area (Å²) >= 11 is 4.53. The minimum Gasteiger partial charge on any atom is -0.303 e. The number of nitrogens with zero attached hydrogens (tertiary/aromatic N) is 1. The van der Waals surface area contributed by atoms with Crippen LogP contribution in [0, 0.1) is 0 Å². The van der Waals surface area contributed by atoms with E-state index in [0.29, 0.717) is 0 Å². The van der Waals surface area contributed by atoms with E-state index < -0.39 is 0 Å². The smallest absolute Gasteiger partial charge is 0.00698 e. The first-order valence-electron chi connectivity index (χ1n) is 19.2. The summed E-state index contributed by atoms with van der Waals surface area (Å²) in [7, 11) is 0. The van der Waals surface area contributed by atoms with Crippen LogP contribution in [0.3, 0.4) is 0 Å². The third-order valence-electron chi connectivity index (χ3n) is 9.07. The second-order valence-corrected chi connectivity index (χ2v) is 13.6. The van der Waals surface area contributed by atoms with Crippen molar-refractivity contribution in [1.82, 2.24) is 4.90 Å². The highest BCUT2D eigenvalue weighted by Gasteiger charge is 2.04. The highest BCUT2D eigenvalue weighted by Crippen LogP contribution is 2.15. The molecule has 1 nitrogen and oxygen atoms in total. The number of hydrogen-bond acceptors (Lipinski definition) is 2.